The van der Waals surface area contributed by atoms with Crippen LogP contribution in [-0.2, 0) is 61.2 Å². The molecule has 3 fully saturated rings. The number of phosphoric acid groups is 1. The maximum absolute atomic E-state index is 14.4. The Balaban J connectivity index is 1.74. The van der Waals surface area contributed by atoms with Gasteiger partial charge in [-0.3, -0.25) is 23.4 Å². The molecule has 99 heavy (non-hydrogen) atoms. The van der Waals surface area contributed by atoms with Crippen molar-refractivity contribution in [1.82, 2.24) is 0 Å². The fourth-order valence-corrected chi connectivity index (χ4v) is 14.0. The van der Waals surface area contributed by atoms with Gasteiger partial charge in [0.05, 0.1) is 13.2 Å². The fourth-order valence-electron chi connectivity index (χ4n) is 13.0. The fraction of sp³-hybridized carbons (Fsp3) is 0.932. The lowest BCUT2D eigenvalue weighted by atomic mass is 9.84. The number of aliphatic hydroxyl groups excluding tert-OH is 10. The third kappa shape index (κ3) is 38.5. The lowest BCUT2D eigenvalue weighted by Gasteiger charge is -2.49. The Bertz CT molecular complexity index is 2110. The first kappa shape index (κ1) is 90.9. The molecule has 582 valence electrons. The van der Waals surface area contributed by atoms with Gasteiger partial charge in [-0.1, -0.05) is 252 Å². The molecule has 0 aromatic rings. The molecule has 3 aliphatic rings. The van der Waals surface area contributed by atoms with E-state index in [2.05, 4.69) is 39.8 Å². The summed E-state index contributed by atoms with van der Waals surface area (Å²) >= 11 is 0. The van der Waals surface area contributed by atoms with Gasteiger partial charge < -0.3 is 89.1 Å². The normalized spacial score (nSPS) is 27.8. The minimum atomic E-state index is -5.70. The quantitative estimate of drug-likeness (QED) is 0.00886. The number of hydrogen-bond acceptors (Lipinski definition) is 23. The minimum Gasteiger partial charge on any atom is -0.463 e. The van der Waals surface area contributed by atoms with Gasteiger partial charge in [-0.05, 0) is 50.9 Å². The molecule has 3 rings (SSSR count). The number of hydrogen-bond donors (Lipinski definition) is 11. The largest absolute Gasteiger partial charge is 0.472 e. The molecular weight excluding hydrogens is 1300 g/mol. The predicted molar refractivity (Wildman–Crippen MR) is 375 cm³/mol. The summed E-state index contributed by atoms with van der Waals surface area (Å²) in [7, 11) is -5.70. The molecule has 24 nitrogen and oxygen atoms in total. The van der Waals surface area contributed by atoms with Crippen LogP contribution in [0, 0.1) is 5.92 Å². The van der Waals surface area contributed by atoms with Crippen molar-refractivity contribution < 1.29 is 117 Å². The van der Waals surface area contributed by atoms with Gasteiger partial charge in [-0.25, -0.2) is 4.57 Å². The average Bonchev–Trinajstić information content (AvgIpc) is 0.762. The Morgan fingerprint density at radius 1 is 0.414 bits per heavy atom. The van der Waals surface area contributed by atoms with E-state index in [-0.39, 0.29) is 19.3 Å². The summed E-state index contributed by atoms with van der Waals surface area (Å²) in [5.74, 6) is -1.30. The monoisotopic (exact) mass is 1440 g/mol. The van der Waals surface area contributed by atoms with Gasteiger partial charge in [0.25, 0.3) is 0 Å². The summed E-state index contributed by atoms with van der Waals surface area (Å²) in [5, 5.41) is 110. The molecule has 11 N–H and O–H groups in total. The van der Waals surface area contributed by atoms with Crippen molar-refractivity contribution in [3.8, 4) is 0 Å². The van der Waals surface area contributed by atoms with Crippen molar-refractivity contribution in [1.29, 1.82) is 0 Å². The van der Waals surface area contributed by atoms with Crippen molar-refractivity contribution in [3.05, 3.63) is 12.2 Å². The first-order valence-corrected chi connectivity index (χ1v) is 40.4. The molecule has 19 unspecified atom stereocenters. The molecular formula is C74H137O24P. The number of carbonyl (C=O) groups excluding carboxylic acids is 3. The standard InChI is InChI=1S/C74H137O24P/c1-5-8-11-14-17-19-21-23-25-27-29-31-37-43-48-59(77)91-53-57-62(80)64(82)69(87)74(95-57)97-71-67(85)65(83)66(84)70(96-73-68(86)63(81)61(79)56(50-75)94-73)72(71)98-99(88,89)92-52-55(93-60(78)49-44-39-32-30-28-26-24-22-20-18-15-12-9-6-2)51-90-58(76)47-42-38-34-33-36-41-46-54(4)45-40-35-16-13-10-7-3/h25,27,54-57,61-75,79-87H,5-24,26,28-53H2,1-4H3,(H,88,89)/b27-25-. The molecule has 0 bridgehead atoms. The Kier molecular flexibility index (Phi) is 50.7. The maximum Gasteiger partial charge on any atom is 0.472 e. The number of phosphoric ester groups is 1. The summed E-state index contributed by atoms with van der Waals surface area (Å²) in [4.78, 5) is 51.1. The summed E-state index contributed by atoms with van der Waals surface area (Å²) in [5.41, 5.74) is 0. The molecule has 0 aromatic carbocycles. The predicted octanol–water partition coefficient (Wildman–Crippen LogP) is 11.0. The van der Waals surface area contributed by atoms with E-state index in [0.29, 0.717) is 25.2 Å². The van der Waals surface area contributed by atoms with Crippen LogP contribution in [0.5, 0.6) is 0 Å². The van der Waals surface area contributed by atoms with Crippen LogP contribution in [0.4, 0.5) is 0 Å². The van der Waals surface area contributed by atoms with E-state index in [0.717, 1.165) is 96.3 Å². The summed E-state index contributed by atoms with van der Waals surface area (Å²) in [6, 6.07) is 0. The molecule has 25 heteroatoms. The minimum absolute atomic E-state index is 0.00926. The number of rotatable bonds is 60. The second-order valence-electron chi connectivity index (χ2n) is 28.3. The van der Waals surface area contributed by atoms with Crippen LogP contribution in [0.1, 0.15) is 304 Å². The second kappa shape index (κ2) is 55.2. The van der Waals surface area contributed by atoms with Gasteiger partial charge in [0.2, 0.25) is 0 Å². The number of allylic oxidation sites excluding steroid dienone is 2. The maximum atomic E-state index is 14.4. The number of aliphatic hydroxyl groups is 10. The number of unbranched alkanes of at least 4 members (excludes halogenated alkanes) is 33. The van der Waals surface area contributed by atoms with Crippen LogP contribution in [0.25, 0.3) is 0 Å². The highest BCUT2D eigenvalue weighted by atomic mass is 31.2. The smallest absolute Gasteiger partial charge is 0.463 e. The van der Waals surface area contributed by atoms with Gasteiger partial charge in [-0.15, -0.1) is 0 Å². The van der Waals surface area contributed by atoms with Crippen LogP contribution >= 0.6 is 7.82 Å². The lowest BCUT2D eigenvalue weighted by molar-refractivity contribution is -0.360. The molecule has 0 amide bonds. The van der Waals surface area contributed by atoms with Crippen LogP contribution in [0.15, 0.2) is 12.2 Å². The lowest BCUT2D eigenvalue weighted by Crippen LogP contribution is -2.69. The average molecular weight is 1440 g/mol. The molecule has 0 spiro atoms. The van der Waals surface area contributed by atoms with Gasteiger partial charge in [0.15, 0.2) is 18.7 Å². The highest BCUT2D eigenvalue weighted by Gasteiger charge is 2.58. The van der Waals surface area contributed by atoms with Crippen LogP contribution in [0.2, 0.25) is 0 Å². The van der Waals surface area contributed by atoms with Crippen LogP contribution in [-0.4, -0.2) is 204 Å². The Morgan fingerprint density at radius 3 is 1.20 bits per heavy atom. The number of esters is 3. The zero-order chi connectivity index (χ0) is 72.6. The van der Waals surface area contributed by atoms with Gasteiger partial charge in [-0.2, -0.15) is 0 Å². The highest BCUT2D eigenvalue weighted by Crippen LogP contribution is 2.49. The first-order chi connectivity index (χ1) is 47.7. The van der Waals surface area contributed by atoms with E-state index >= 15 is 0 Å². The summed E-state index contributed by atoms with van der Waals surface area (Å²) < 4.78 is 65.1. The highest BCUT2D eigenvalue weighted by molar-refractivity contribution is 7.47. The Hall–Kier alpha value is -2.30. The topological polar surface area (TPSA) is 374 Å². The molecule has 1 aliphatic carbocycles. The first-order valence-electron chi connectivity index (χ1n) is 38.9. The van der Waals surface area contributed by atoms with Crippen molar-refractivity contribution in [2.75, 3.05) is 26.4 Å². The van der Waals surface area contributed by atoms with Gasteiger partial charge >= 0.3 is 25.7 Å². The van der Waals surface area contributed by atoms with E-state index in [1.807, 2.05) is 0 Å². The molecule has 1 saturated carbocycles. The van der Waals surface area contributed by atoms with Crippen LogP contribution < -0.4 is 0 Å². The molecule has 2 saturated heterocycles. The van der Waals surface area contributed by atoms with Crippen molar-refractivity contribution in [2.45, 2.75) is 408 Å². The van der Waals surface area contributed by atoms with Crippen molar-refractivity contribution in [2.24, 2.45) is 5.92 Å². The van der Waals surface area contributed by atoms with Crippen molar-refractivity contribution in [3.63, 3.8) is 0 Å². The summed E-state index contributed by atoms with van der Waals surface area (Å²) in [6.45, 7) is 5.78. The van der Waals surface area contributed by atoms with E-state index in [4.69, 9.17) is 42.2 Å². The Labute approximate surface area is 592 Å². The molecule has 0 radical (unpaired) electrons. The van der Waals surface area contributed by atoms with E-state index in [9.17, 15) is 74.9 Å². The SMILES string of the molecule is CCCCCCCCC/C=C\CCCCCC(=O)OCC1OC(OC2C(O)C(O)C(O)C(OC3OC(CO)C(O)C(O)C3O)C2OP(=O)(O)OCC(COC(=O)CCCCCCCCC(C)CCCCCCCC)OC(=O)CCCCCCCCCCCCCCCC)C(O)C(O)C1O. The molecule has 19 atom stereocenters. The number of ether oxygens (including phenoxy) is 7. The third-order valence-corrected chi connectivity index (χ3v) is 20.4. The van der Waals surface area contributed by atoms with E-state index < -0.39 is 156 Å². The molecule has 0 aromatic heterocycles. The van der Waals surface area contributed by atoms with Gasteiger partial charge in [0.1, 0.15) is 98.7 Å². The zero-order valence-electron chi connectivity index (χ0n) is 61.0. The third-order valence-electron chi connectivity index (χ3n) is 19.4. The Morgan fingerprint density at radius 2 is 0.768 bits per heavy atom. The summed E-state index contributed by atoms with van der Waals surface area (Å²) in [6.07, 6.45) is 12.7. The van der Waals surface area contributed by atoms with Gasteiger partial charge in [0, 0.05) is 19.3 Å². The molecule has 2 aliphatic heterocycles. The van der Waals surface area contributed by atoms with Crippen LogP contribution in [0.3, 0.4) is 0 Å². The molecule has 2 heterocycles. The number of carbonyl (C=O) groups is 3. The van der Waals surface area contributed by atoms with E-state index in [1.54, 1.807) is 0 Å². The van der Waals surface area contributed by atoms with Crippen molar-refractivity contribution >= 4 is 25.7 Å². The van der Waals surface area contributed by atoms with E-state index in [1.165, 1.54) is 141 Å². The second-order valence-corrected chi connectivity index (χ2v) is 29.8. The zero-order valence-corrected chi connectivity index (χ0v) is 61.8.